The van der Waals surface area contributed by atoms with E-state index >= 15 is 0 Å². The zero-order valence-corrected chi connectivity index (χ0v) is 14.8. The van der Waals surface area contributed by atoms with Crippen LogP contribution in [0.1, 0.15) is 23.5 Å². The van der Waals surface area contributed by atoms with Gasteiger partial charge in [0.05, 0.1) is 0 Å². The third-order valence-corrected chi connectivity index (χ3v) is 5.32. The van der Waals surface area contributed by atoms with Gasteiger partial charge in [0, 0.05) is 21.8 Å². The topological polar surface area (TPSA) is 29.1 Å². The second-order valence-corrected chi connectivity index (χ2v) is 7.36. The molecule has 0 heterocycles. The molecule has 4 heteroatoms. The summed E-state index contributed by atoms with van der Waals surface area (Å²) in [6.45, 7) is 0.608. The predicted molar refractivity (Wildman–Crippen MR) is 95.1 cm³/mol. The molecular weight excluding hydrogens is 358 g/mol. The average Bonchev–Trinajstić information content (AvgIpc) is 3.34. The smallest absolute Gasteiger partial charge is 0.224 e. The van der Waals surface area contributed by atoms with Crippen LogP contribution >= 0.6 is 27.7 Å². The molecule has 0 spiro atoms. The zero-order valence-electron chi connectivity index (χ0n) is 12.4. The Labute approximate surface area is 143 Å². The van der Waals surface area contributed by atoms with Crippen LogP contribution in [-0.4, -0.2) is 12.2 Å². The Hall–Kier alpha value is -1.26. The van der Waals surface area contributed by atoms with E-state index in [9.17, 15) is 4.79 Å². The van der Waals surface area contributed by atoms with Crippen LogP contribution in [0.3, 0.4) is 0 Å². The maximum atomic E-state index is 12.2. The SMILES string of the molecule is CSc1ccc(CNC(=O)C2CC2c2ccc(Br)cc2)cc1. The van der Waals surface area contributed by atoms with E-state index in [1.54, 1.807) is 11.8 Å². The zero-order chi connectivity index (χ0) is 15.5. The number of hydrogen-bond acceptors (Lipinski definition) is 2. The summed E-state index contributed by atoms with van der Waals surface area (Å²) in [6.07, 6.45) is 3.02. The molecule has 0 radical (unpaired) electrons. The highest BCUT2D eigenvalue weighted by molar-refractivity contribution is 9.10. The molecule has 2 unspecified atom stereocenters. The lowest BCUT2D eigenvalue weighted by atomic mass is 10.1. The second-order valence-electron chi connectivity index (χ2n) is 5.57. The minimum Gasteiger partial charge on any atom is -0.352 e. The number of amides is 1. The summed E-state index contributed by atoms with van der Waals surface area (Å²) in [6, 6.07) is 16.6. The van der Waals surface area contributed by atoms with E-state index in [4.69, 9.17) is 0 Å². The first kappa shape index (κ1) is 15.6. The fourth-order valence-electron chi connectivity index (χ4n) is 2.63. The lowest BCUT2D eigenvalue weighted by Crippen LogP contribution is -2.24. The summed E-state index contributed by atoms with van der Waals surface area (Å²) >= 11 is 5.16. The van der Waals surface area contributed by atoms with Crippen LogP contribution in [0.4, 0.5) is 0 Å². The van der Waals surface area contributed by atoms with Crippen molar-refractivity contribution in [3.8, 4) is 0 Å². The van der Waals surface area contributed by atoms with Gasteiger partial charge in [0.1, 0.15) is 0 Å². The Morgan fingerprint density at radius 3 is 2.50 bits per heavy atom. The Bertz CT molecular complexity index is 654. The monoisotopic (exact) mass is 375 g/mol. The van der Waals surface area contributed by atoms with Crippen LogP contribution in [0.15, 0.2) is 57.9 Å². The molecular formula is C18H18BrNOS. The molecule has 2 atom stereocenters. The van der Waals surface area contributed by atoms with E-state index < -0.39 is 0 Å². The van der Waals surface area contributed by atoms with Gasteiger partial charge in [-0.25, -0.2) is 0 Å². The summed E-state index contributed by atoms with van der Waals surface area (Å²) in [7, 11) is 0. The van der Waals surface area contributed by atoms with Crippen LogP contribution < -0.4 is 5.32 Å². The molecule has 2 nitrogen and oxygen atoms in total. The highest BCUT2D eigenvalue weighted by Crippen LogP contribution is 2.47. The van der Waals surface area contributed by atoms with Gasteiger partial charge in [0.2, 0.25) is 5.91 Å². The predicted octanol–water partition coefficient (Wildman–Crippen LogP) is 4.59. The summed E-state index contributed by atoms with van der Waals surface area (Å²) in [5.74, 6) is 0.681. The van der Waals surface area contributed by atoms with Crippen LogP contribution in [-0.2, 0) is 11.3 Å². The van der Waals surface area contributed by atoms with Gasteiger partial charge in [-0.2, -0.15) is 0 Å². The molecule has 2 aromatic carbocycles. The first-order chi connectivity index (χ1) is 10.7. The molecule has 114 valence electrons. The molecule has 0 saturated heterocycles. The minimum absolute atomic E-state index is 0.131. The average molecular weight is 376 g/mol. The quantitative estimate of drug-likeness (QED) is 0.774. The van der Waals surface area contributed by atoms with Gasteiger partial charge in [-0.3, -0.25) is 4.79 Å². The molecule has 3 rings (SSSR count). The van der Waals surface area contributed by atoms with Crippen molar-refractivity contribution in [3.63, 3.8) is 0 Å². The van der Waals surface area contributed by atoms with Gasteiger partial charge < -0.3 is 5.32 Å². The number of thioether (sulfide) groups is 1. The van der Waals surface area contributed by atoms with Crippen LogP contribution in [0, 0.1) is 5.92 Å². The molecule has 0 aromatic heterocycles. The maximum Gasteiger partial charge on any atom is 0.224 e. The Balaban J connectivity index is 1.51. The third-order valence-electron chi connectivity index (χ3n) is 4.05. The van der Waals surface area contributed by atoms with Gasteiger partial charge in [0.25, 0.3) is 0 Å². The van der Waals surface area contributed by atoms with Crippen molar-refractivity contribution in [2.45, 2.75) is 23.8 Å². The number of nitrogens with one attached hydrogen (secondary N) is 1. The summed E-state index contributed by atoms with van der Waals surface area (Å²) in [5, 5.41) is 3.05. The van der Waals surface area contributed by atoms with Crippen molar-refractivity contribution < 1.29 is 4.79 Å². The minimum atomic E-state index is 0.131. The molecule has 22 heavy (non-hydrogen) atoms. The highest BCUT2D eigenvalue weighted by atomic mass is 79.9. The largest absolute Gasteiger partial charge is 0.352 e. The van der Waals surface area contributed by atoms with E-state index in [-0.39, 0.29) is 11.8 Å². The van der Waals surface area contributed by atoms with E-state index in [0.717, 1.165) is 16.5 Å². The lowest BCUT2D eigenvalue weighted by molar-refractivity contribution is -0.122. The van der Waals surface area contributed by atoms with Gasteiger partial charge >= 0.3 is 0 Å². The number of hydrogen-bond donors (Lipinski definition) is 1. The number of benzene rings is 2. The first-order valence-corrected chi connectivity index (χ1v) is 9.35. The fourth-order valence-corrected chi connectivity index (χ4v) is 3.30. The van der Waals surface area contributed by atoms with E-state index in [1.807, 2.05) is 12.1 Å². The van der Waals surface area contributed by atoms with Gasteiger partial charge in [-0.1, -0.05) is 40.2 Å². The second kappa shape index (κ2) is 6.88. The van der Waals surface area contributed by atoms with Crippen molar-refractivity contribution in [2.75, 3.05) is 6.26 Å². The third kappa shape index (κ3) is 3.73. The molecule has 1 aliphatic rings. The maximum absolute atomic E-state index is 12.2. The van der Waals surface area contributed by atoms with E-state index in [0.29, 0.717) is 12.5 Å². The molecule has 1 aliphatic carbocycles. The molecule has 0 bridgehead atoms. The number of halogens is 1. The van der Waals surface area contributed by atoms with E-state index in [2.05, 4.69) is 63.9 Å². The summed E-state index contributed by atoms with van der Waals surface area (Å²) < 4.78 is 1.08. The number of rotatable bonds is 5. The van der Waals surface area contributed by atoms with Gasteiger partial charge in [-0.05, 0) is 54.0 Å². The van der Waals surface area contributed by atoms with Crippen molar-refractivity contribution >= 4 is 33.6 Å². The van der Waals surface area contributed by atoms with E-state index in [1.165, 1.54) is 10.5 Å². The van der Waals surface area contributed by atoms with Crippen LogP contribution in [0.2, 0.25) is 0 Å². The Morgan fingerprint density at radius 1 is 1.18 bits per heavy atom. The molecule has 2 aromatic rings. The van der Waals surface area contributed by atoms with Crippen molar-refractivity contribution in [1.29, 1.82) is 0 Å². The van der Waals surface area contributed by atoms with Crippen molar-refractivity contribution in [3.05, 3.63) is 64.1 Å². The Morgan fingerprint density at radius 2 is 1.86 bits per heavy atom. The molecule has 0 aliphatic heterocycles. The fraction of sp³-hybridized carbons (Fsp3) is 0.278. The normalized spacial score (nSPS) is 19.7. The first-order valence-electron chi connectivity index (χ1n) is 7.33. The number of carbonyl (C=O) groups is 1. The standard InChI is InChI=1S/C18H18BrNOS/c1-22-15-8-2-12(3-9-15)11-20-18(21)17-10-16(17)13-4-6-14(19)7-5-13/h2-9,16-17H,10-11H2,1H3,(H,20,21). The van der Waals surface area contributed by atoms with Crippen molar-refractivity contribution in [1.82, 2.24) is 5.32 Å². The Kier molecular flexibility index (Phi) is 4.89. The van der Waals surface area contributed by atoms with Gasteiger partial charge in [-0.15, -0.1) is 11.8 Å². The van der Waals surface area contributed by atoms with Crippen LogP contribution in [0.5, 0.6) is 0 Å². The highest BCUT2D eigenvalue weighted by Gasteiger charge is 2.43. The van der Waals surface area contributed by atoms with Crippen LogP contribution in [0.25, 0.3) is 0 Å². The number of carbonyl (C=O) groups excluding carboxylic acids is 1. The molecule has 1 fully saturated rings. The summed E-state index contributed by atoms with van der Waals surface area (Å²) in [5.41, 5.74) is 2.40. The van der Waals surface area contributed by atoms with Crippen molar-refractivity contribution in [2.24, 2.45) is 5.92 Å². The molecule has 1 amide bonds. The lowest BCUT2D eigenvalue weighted by Gasteiger charge is -2.06. The molecule has 1 N–H and O–H groups in total. The molecule has 1 saturated carbocycles. The van der Waals surface area contributed by atoms with Gasteiger partial charge in [0.15, 0.2) is 0 Å². The summed E-state index contributed by atoms with van der Waals surface area (Å²) in [4.78, 5) is 13.5.